The predicted molar refractivity (Wildman–Crippen MR) is 84.7 cm³/mol. The topological polar surface area (TPSA) is 69.6 Å². The Kier molecular flexibility index (Phi) is 4.85. The number of aromatic hydroxyl groups is 2. The monoisotopic (exact) mass is 349 g/mol. The van der Waals surface area contributed by atoms with E-state index in [0.29, 0.717) is 18.5 Å². The summed E-state index contributed by atoms with van der Waals surface area (Å²) >= 11 is 3.33. The van der Waals surface area contributed by atoms with Gasteiger partial charge in [-0.3, -0.25) is 4.79 Å². The molecule has 0 radical (unpaired) electrons. The molecule has 0 aliphatic rings. The van der Waals surface area contributed by atoms with Crippen molar-refractivity contribution in [1.29, 1.82) is 0 Å². The van der Waals surface area contributed by atoms with E-state index in [9.17, 15) is 15.0 Å². The molecule has 0 saturated heterocycles. The summed E-state index contributed by atoms with van der Waals surface area (Å²) in [7, 11) is 0. The van der Waals surface area contributed by atoms with E-state index < -0.39 is 0 Å². The number of aryl methyl sites for hydroxylation is 1. The zero-order valence-electron chi connectivity index (χ0n) is 11.6. The van der Waals surface area contributed by atoms with Gasteiger partial charge in [0.1, 0.15) is 0 Å². The average molecular weight is 350 g/mol. The molecule has 1 amide bonds. The first-order valence-electron chi connectivity index (χ1n) is 6.52. The number of rotatable bonds is 4. The Morgan fingerprint density at radius 3 is 2.62 bits per heavy atom. The van der Waals surface area contributed by atoms with Crippen LogP contribution in [0.4, 0.5) is 0 Å². The van der Waals surface area contributed by atoms with E-state index in [1.165, 1.54) is 12.1 Å². The highest BCUT2D eigenvalue weighted by atomic mass is 79.9. The fourth-order valence-corrected chi connectivity index (χ4v) is 2.44. The molecular weight excluding hydrogens is 334 g/mol. The Hall–Kier alpha value is -2.01. The third-order valence-electron chi connectivity index (χ3n) is 3.20. The van der Waals surface area contributed by atoms with Gasteiger partial charge in [0.25, 0.3) is 5.91 Å². The van der Waals surface area contributed by atoms with Crippen molar-refractivity contribution in [2.75, 3.05) is 6.54 Å². The largest absolute Gasteiger partial charge is 0.504 e. The summed E-state index contributed by atoms with van der Waals surface area (Å²) in [5.41, 5.74) is 2.36. The van der Waals surface area contributed by atoms with Crippen LogP contribution >= 0.6 is 15.9 Å². The van der Waals surface area contributed by atoms with Crippen molar-refractivity contribution in [3.8, 4) is 11.5 Å². The van der Waals surface area contributed by atoms with Crippen molar-refractivity contribution < 1.29 is 15.0 Å². The normalized spacial score (nSPS) is 10.4. The number of hydrogen-bond acceptors (Lipinski definition) is 3. The standard InChI is InChI=1S/C16H16BrNO3/c1-10-7-14(19)15(20)9-11(10)5-6-18-16(21)12-3-2-4-13(17)8-12/h2-4,7-9,19-20H,5-6H2,1H3,(H,18,21). The van der Waals surface area contributed by atoms with Gasteiger partial charge in [-0.25, -0.2) is 0 Å². The molecule has 110 valence electrons. The first kappa shape index (κ1) is 15.4. The molecule has 0 aromatic heterocycles. The Balaban J connectivity index is 1.96. The van der Waals surface area contributed by atoms with Gasteiger partial charge < -0.3 is 15.5 Å². The van der Waals surface area contributed by atoms with Crippen molar-refractivity contribution in [2.24, 2.45) is 0 Å². The summed E-state index contributed by atoms with van der Waals surface area (Å²) < 4.78 is 0.856. The molecule has 5 heteroatoms. The molecule has 0 aliphatic carbocycles. The number of hydrogen-bond donors (Lipinski definition) is 3. The number of benzene rings is 2. The van der Waals surface area contributed by atoms with Crippen LogP contribution in [-0.2, 0) is 6.42 Å². The molecule has 0 fully saturated rings. The van der Waals surface area contributed by atoms with Crippen LogP contribution in [-0.4, -0.2) is 22.7 Å². The number of halogens is 1. The Morgan fingerprint density at radius 1 is 1.19 bits per heavy atom. The molecule has 2 rings (SSSR count). The molecule has 4 nitrogen and oxygen atoms in total. The van der Waals surface area contributed by atoms with Crippen LogP contribution in [0, 0.1) is 6.92 Å². The van der Waals surface area contributed by atoms with Crippen molar-refractivity contribution >= 4 is 21.8 Å². The van der Waals surface area contributed by atoms with Crippen LogP contribution in [0.15, 0.2) is 40.9 Å². The SMILES string of the molecule is Cc1cc(O)c(O)cc1CCNC(=O)c1cccc(Br)c1. The van der Waals surface area contributed by atoms with Crippen LogP contribution in [0.2, 0.25) is 0 Å². The maximum atomic E-state index is 12.0. The fraction of sp³-hybridized carbons (Fsp3) is 0.188. The second kappa shape index (κ2) is 6.63. The fourth-order valence-electron chi connectivity index (χ4n) is 2.04. The summed E-state index contributed by atoms with van der Waals surface area (Å²) in [5.74, 6) is -0.416. The van der Waals surface area contributed by atoms with Gasteiger partial charge in [-0.05, 0) is 54.8 Å². The number of carbonyl (C=O) groups excluding carboxylic acids is 1. The van der Waals surface area contributed by atoms with Crippen molar-refractivity contribution in [2.45, 2.75) is 13.3 Å². The molecule has 0 atom stereocenters. The lowest BCUT2D eigenvalue weighted by Crippen LogP contribution is -2.25. The minimum absolute atomic E-state index is 0.130. The Bertz CT molecular complexity index is 671. The van der Waals surface area contributed by atoms with Crippen molar-refractivity contribution in [3.05, 3.63) is 57.6 Å². The Morgan fingerprint density at radius 2 is 1.90 bits per heavy atom. The van der Waals surface area contributed by atoms with Crippen molar-refractivity contribution in [1.82, 2.24) is 5.32 Å². The van der Waals surface area contributed by atoms with E-state index >= 15 is 0 Å². The molecular formula is C16H16BrNO3. The van der Waals surface area contributed by atoms with E-state index in [1.807, 2.05) is 13.0 Å². The highest BCUT2D eigenvalue weighted by Gasteiger charge is 2.08. The zero-order valence-corrected chi connectivity index (χ0v) is 13.1. The van der Waals surface area contributed by atoms with E-state index in [-0.39, 0.29) is 17.4 Å². The smallest absolute Gasteiger partial charge is 0.251 e. The minimum Gasteiger partial charge on any atom is -0.504 e. The summed E-state index contributed by atoms with van der Waals surface area (Å²) in [6.45, 7) is 2.31. The van der Waals surface area contributed by atoms with Crippen LogP contribution in [0.3, 0.4) is 0 Å². The van der Waals surface area contributed by atoms with E-state index in [0.717, 1.165) is 15.6 Å². The molecule has 0 unspecified atom stereocenters. The van der Waals surface area contributed by atoms with Gasteiger partial charge in [-0.1, -0.05) is 22.0 Å². The number of nitrogens with one attached hydrogen (secondary N) is 1. The maximum absolute atomic E-state index is 12.0. The van der Waals surface area contributed by atoms with Crippen molar-refractivity contribution in [3.63, 3.8) is 0 Å². The van der Waals surface area contributed by atoms with Crippen LogP contribution < -0.4 is 5.32 Å². The number of phenolic OH excluding ortho intramolecular Hbond substituents is 2. The van der Waals surface area contributed by atoms with Gasteiger partial charge in [0.2, 0.25) is 0 Å². The molecule has 0 aliphatic heterocycles. The van der Waals surface area contributed by atoms with Crippen LogP contribution in [0.25, 0.3) is 0 Å². The molecule has 2 aromatic rings. The lowest BCUT2D eigenvalue weighted by atomic mass is 10.0. The molecule has 21 heavy (non-hydrogen) atoms. The van der Waals surface area contributed by atoms with Crippen LogP contribution in [0.1, 0.15) is 21.5 Å². The first-order chi connectivity index (χ1) is 9.97. The lowest BCUT2D eigenvalue weighted by Gasteiger charge is -2.09. The van der Waals surface area contributed by atoms with E-state index in [1.54, 1.807) is 18.2 Å². The van der Waals surface area contributed by atoms with E-state index in [4.69, 9.17) is 0 Å². The Labute approximate surface area is 131 Å². The number of phenols is 2. The third-order valence-corrected chi connectivity index (χ3v) is 3.69. The lowest BCUT2D eigenvalue weighted by molar-refractivity contribution is 0.0954. The number of amides is 1. The average Bonchev–Trinajstić information content (AvgIpc) is 2.44. The molecule has 0 heterocycles. The summed E-state index contributed by atoms with van der Waals surface area (Å²) in [5, 5.41) is 21.7. The molecule has 3 N–H and O–H groups in total. The molecule has 2 aromatic carbocycles. The quantitative estimate of drug-likeness (QED) is 0.742. The zero-order chi connectivity index (χ0) is 15.4. The number of carbonyl (C=O) groups is 1. The second-order valence-corrected chi connectivity index (χ2v) is 5.70. The summed E-state index contributed by atoms with van der Waals surface area (Å²) in [6, 6.07) is 10.2. The maximum Gasteiger partial charge on any atom is 0.251 e. The van der Waals surface area contributed by atoms with Gasteiger partial charge in [-0.15, -0.1) is 0 Å². The first-order valence-corrected chi connectivity index (χ1v) is 7.32. The summed E-state index contributed by atoms with van der Waals surface area (Å²) in [4.78, 5) is 12.0. The van der Waals surface area contributed by atoms with Gasteiger partial charge in [0, 0.05) is 16.6 Å². The molecule has 0 bridgehead atoms. The highest BCUT2D eigenvalue weighted by molar-refractivity contribution is 9.10. The highest BCUT2D eigenvalue weighted by Crippen LogP contribution is 2.28. The van der Waals surface area contributed by atoms with Crippen LogP contribution in [0.5, 0.6) is 11.5 Å². The molecule has 0 spiro atoms. The minimum atomic E-state index is -0.145. The summed E-state index contributed by atoms with van der Waals surface area (Å²) in [6.07, 6.45) is 0.583. The van der Waals surface area contributed by atoms with E-state index in [2.05, 4.69) is 21.2 Å². The van der Waals surface area contributed by atoms with Gasteiger partial charge in [0.05, 0.1) is 0 Å². The van der Waals surface area contributed by atoms with Gasteiger partial charge in [-0.2, -0.15) is 0 Å². The third kappa shape index (κ3) is 3.98. The van der Waals surface area contributed by atoms with Gasteiger partial charge >= 0.3 is 0 Å². The van der Waals surface area contributed by atoms with Gasteiger partial charge in [0.15, 0.2) is 11.5 Å². The molecule has 0 saturated carbocycles. The second-order valence-electron chi connectivity index (χ2n) is 4.78. The predicted octanol–water partition coefficient (Wildman–Crippen LogP) is 3.14.